The lowest BCUT2D eigenvalue weighted by molar-refractivity contribution is 0.188. The molecular formula is C18H35N. The van der Waals surface area contributed by atoms with Gasteiger partial charge < -0.3 is 5.32 Å². The fourth-order valence-corrected chi connectivity index (χ4v) is 4.45. The fourth-order valence-electron chi connectivity index (χ4n) is 4.45. The first-order chi connectivity index (χ1) is 9.33. The highest BCUT2D eigenvalue weighted by molar-refractivity contribution is 4.85. The zero-order chi connectivity index (χ0) is 13.5. The molecule has 0 radical (unpaired) electrons. The van der Waals surface area contributed by atoms with Crippen LogP contribution in [-0.4, -0.2) is 12.6 Å². The molecule has 2 fully saturated rings. The molecule has 2 rings (SSSR count). The van der Waals surface area contributed by atoms with Crippen LogP contribution in [0.5, 0.6) is 0 Å². The summed E-state index contributed by atoms with van der Waals surface area (Å²) < 4.78 is 0. The van der Waals surface area contributed by atoms with E-state index in [9.17, 15) is 0 Å². The number of hydrogen-bond donors (Lipinski definition) is 1. The molecule has 2 saturated carbocycles. The molecule has 0 saturated heterocycles. The van der Waals surface area contributed by atoms with Gasteiger partial charge in [-0.25, -0.2) is 0 Å². The van der Waals surface area contributed by atoms with E-state index in [4.69, 9.17) is 0 Å². The van der Waals surface area contributed by atoms with Gasteiger partial charge in [0.05, 0.1) is 0 Å². The predicted molar refractivity (Wildman–Crippen MR) is 84.4 cm³/mol. The van der Waals surface area contributed by atoms with Crippen molar-refractivity contribution >= 4 is 0 Å². The maximum atomic E-state index is 3.91. The standard InChI is InChI=1S/C18H35N/c1-3-12-19-18(14-16-8-5-6-9-16)17-11-7-10-15(4-2)13-17/h15-19H,3-14H2,1-2H3. The van der Waals surface area contributed by atoms with Gasteiger partial charge in [-0.2, -0.15) is 0 Å². The van der Waals surface area contributed by atoms with E-state index in [2.05, 4.69) is 19.2 Å². The minimum Gasteiger partial charge on any atom is -0.314 e. The topological polar surface area (TPSA) is 12.0 Å². The van der Waals surface area contributed by atoms with Crippen LogP contribution in [0.25, 0.3) is 0 Å². The van der Waals surface area contributed by atoms with Crippen LogP contribution < -0.4 is 5.32 Å². The third-order valence-electron chi connectivity index (χ3n) is 5.69. The van der Waals surface area contributed by atoms with E-state index in [1.165, 1.54) is 77.2 Å². The van der Waals surface area contributed by atoms with Gasteiger partial charge in [0.2, 0.25) is 0 Å². The van der Waals surface area contributed by atoms with Crippen LogP contribution in [0.1, 0.15) is 84.5 Å². The zero-order valence-corrected chi connectivity index (χ0v) is 13.3. The van der Waals surface area contributed by atoms with Gasteiger partial charge in [0.25, 0.3) is 0 Å². The van der Waals surface area contributed by atoms with Gasteiger partial charge in [-0.15, -0.1) is 0 Å². The molecule has 19 heavy (non-hydrogen) atoms. The third-order valence-corrected chi connectivity index (χ3v) is 5.69. The lowest BCUT2D eigenvalue weighted by atomic mass is 9.74. The zero-order valence-electron chi connectivity index (χ0n) is 13.3. The van der Waals surface area contributed by atoms with Crippen LogP contribution in [0.15, 0.2) is 0 Å². The average molecular weight is 265 g/mol. The van der Waals surface area contributed by atoms with Crippen LogP contribution in [0.2, 0.25) is 0 Å². The normalized spacial score (nSPS) is 30.6. The predicted octanol–water partition coefficient (Wildman–Crippen LogP) is 5.15. The second-order valence-corrected chi connectivity index (χ2v) is 7.15. The summed E-state index contributed by atoms with van der Waals surface area (Å²) in [6.45, 7) is 5.92. The molecule has 112 valence electrons. The molecule has 0 heterocycles. The maximum Gasteiger partial charge on any atom is 0.00980 e. The molecule has 0 spiro atoms. The monoisotopic (exact) mass is 265 g/mol. The summed E-state index contributed by atoms with van der Waals surface area (Å²) in [5.74, 6) is 3.04. The Morgan fingerprint density at radius 2 is 1.68 bits per heavy atom. The van der Waals surface area contributed by atoms with Gasteiger partial charge in [-0.1, -0.05) is 58.8 Å². The van der Waals surface area contributed by atoms with E-state index >= 15 is 0 Å². The number of nitrogens with one attached hydrogen (secondary N) is 1. The van der Waals surface area contributed by atoms with Gasteiger partial charge in [0.1, 0.15) is 0 Å². The molecule has 0 amide bonds. The van der Waals surface area contributed by atoms with E-state index in [-0.39, 0.29) is 0 Å². The van der Waals surface area contributed by atoms with Crippen LogP contribution in [0.4, 0.5) is 0 Å². The Bertz CT molecular complexity index is 232. The van der Waals surface area contributed by atoms with Crippen molar-refractivity contribution in [3.8, 4) is 0 Å². The largest absolute Gasteiger partial charge is 0.314 e. The average Bonchev–Trinajstić information content (AvgIpc) is 2.96. The van der Waals surface area contributed by atoms with E-state index in [0.29, 0.717) is 0 Å². The molecule has 1 N–H and O–H groups in total. The molecule has 1 heteroatoms. The minimum absolute atomic E-state index is 0.831. The molecule has 0 aromatic rings. The first kappa shape index (κ1) is 15.4. The number of hydrogen-bond acceptors (Lipinski definition) is 1. The summed E-state index contributed by atoms with van der Waals surface area (Å²) in [7, 11) is 0. The van der Waals surface area contributed by atoms with E-state index in [1.807, 2.05) is 0 Å². The van der Waals surface area contributed by atoms with Gasteiger partial charge in [0, 0.05) is 6.04 Å². The SMILES string of the molecule is CCCNC(CC1CCCC1)C1CCCC(CC)C1. The van der Waals surface area contributed by atoms with Crippen molar-refractivity contribution in [2.45, 2.75) is 90.5 Å². The Balaban J connectivity index is 1.87. The molecule has 0 aromatic heterocycles. The summed E-state index contributed by atoms with van der Waals surface area (Å²) in [6.07, 6.45) is 16.1. The highest BCUT2D eigenvalue weighted by Gasteiger charge is 2.29. The Morgan fingerprint density at radius 1 is 0.947 bits per heavy atom. The van der Waals surface area contributed by atoms with Crippen molar-refractivity contribution in [2.75, 3.05) is 6.54 Å². The van der Waals surface area contributed by atoms with Gasteiger partial charge in [-0.3, -0.25) is 0 Å². The second kappa shape index (κ2) is 8.29. The summed E-state index contributed by atoms with van der Waals surface area (Å²) in [5, 5.41) is 3.91. The van der Waals surface area contributed by atoms with Crippen LogP contribution in [0, 0.1) is 17.8 Å². The van der Waals surface area contributed by atoms with Crippen molar-refractivity contribution in [1.82, 2.24) is 5.32 Å². The highest BCUT2D eigenvalue weighted by atomic mass is 14.9. The molecule has 3 atom stereocenters. The Kier molecular flexibility index (Phi) is 6.70. The van der Waals surface area contributed by atoms with Crippen molar-refractivity contribution in [3.05, 3.63) is 0 Å². The first-order valence-electron chi connectivity index (χ1n) is 9.06. The van der Waals surface area contributed by atoms with E-state index < -0.39 is 0 Å². The summed E-state index contributed by atoms with van der Waals surface area (Å²) in [4.78, 5) is 0. The molecule has 2 aliphatic carbocycles. The molecule has 0 aromatic carbocycles. The van der Waals surface area contributed by atoms with Crippen molar-refractivity contribution in [3.63, 3.8) is 0 Å². The molecule has 2 aliphatic rings. The lowest BCUT2D eigenvalue weighted by Gasteiger charge is -2.36. The quantitative estimate of drug-likeness (QED) is 0.671. The smallest absolute Gasteiger partial charge is 0.00980 e. The first-order valence-corrected chi connectivity index (χ1v) is 9.06. The van der Waals surface area contributed by atoms with Crippen molar-refractivity contribution < 1.29 is 0 Å². The summed E-state index contributed by atoms with van der Waals surface area (Å²) in [5.41, 5.74) is 0. The Hall–Kier alpha value is -0.0400. The lowest BCUT2D eigenvalue weighted by Crippen LogP contribution is -2.40. The van der Waals surface area contributed by atoms with Crippen molar-refractivity contribution in [2.24, 2.45) is 17.8 Å². The fraction of sp³-hybridized carbons (Fsp3) is 1.00. The molecular weight excluding hydrogens is 230 g/mol. The van der Waals surface area contributed by atoms with E-state index in [0.717, 1.165) is 23.8 Å². The Labute approximate surface area is 120 Å². The summed E-state index contributed by atoms with van der Waals surface area (Å²) >= 11 is 0. The van der Waals surface area contributed by atoms with Gasteiger partial charge >= 0.3 is 0 Å². The molecule has 3 unspecified atom stereocenters. The Morgan fingerprint density at radius 3 is 2.37 bits per heavy atom. The molecule has 0 bridgehead atoms. The second-order valence-electron chi connectivity index (χ2n) is 7.15. The molecule has 0 aliphatic heterocycles. The van der Waals surface area contributed by atoms with Gasteiger partial charge in [0.15, 0.2) is 0 Å². The van der Waals surface area contributed by atoms with E-state index in [1.54, 1.807) is 0 Å². The van der Waals surface area contributed by atoms with Crippen LogP contribution in [0.3, 0.4) is 0 Å². The van der Waals surface area contributed by atoms with Crippen LogP contribution in [-0.2, 0) is 0 Å². The molecule has 1 nitrogen and oxygen atoms in total. The van der Waals surface area contributed by atoms with Crippen molar-refractivity contribution in [1.29, 1.82) is 0 Å². The van der Waals surface area contributed by atoms with Crippen LogP contribution >= 0.6 is 0 Å². The maximum absolute atomic E-state index is 3.91. The highest BCUT2D eigenvalue weighted by Crippen LogP contribution is 2.37. The third kappa shape index (κ3) is 4.77. The number of rotatable bonds is 7. The van der Waals surface area contributed by atoms with Gasteiger partial charge in [-0.05, 0) is 50.0 Å². The minimum atomic E-state index is 0.831. The summed E-state index contributed by atoms with van der Waals surface area (Å²) in [6, 6.07) is 0.831.